The summed E-state index contributed by atoms with van der Waals surface area (Å²) in [4.78, 5) is 0. The van der Waals surface area contributed by atoms with E-state index in [9.17, 15) is 0 Å². The van der Waals surface area contributed by atoms with Crippen molar-refractivity contribution < 1.29 is 9.47 Å². The fraction of sp³-hybridized carbons (Fsp3) is 0.444. The van der Waals surface area contributed by atoms with Gasteiger partial charge in [-0.05, 0) is 80.8 Å². The average molecular weight is 432 g/mol. The first-order valence-corrected chi connectivity index (χ1v) is 12.0. The molecule has 0 saturated heterocycles. The zero-order valence-electron chi connectivity index (χ0n) is 18.9. The van der Waals surface area contributed by atoms with Gasteiger partial charge in [-0.3, -0.25) is 4.68 Å². The maximum absolute atomic E-state index is 6.37. The predicted molar refractivity (Wildman–Crippen MR) is 126 cm³/mol. The molecule has 1 atom stereocenters. The fourth-order valence-corrected chi connectivity index (χ4v) is 4.96. The molecule has 2 aliphatic rings. The molecule has 3 aromatic rings. The van der Waals surface area contributed by atoms with Crippen molar-refractivity contribution in [2.75, 3.05) is 0 Å². The lowest BCUT2D eigenvalue weighted by atomic mass is 9.92. The Morgan fingerprint density at radius 1 is 1.03 bits per heavy atom. The summed E-state index contributed by atoms with van der Waals surface area (Å²) < 4.78 is 14.7. The lowest BCUT2D eigenvalue weighted by Gasteiger charge is -2.30. The van der Waals surface area contributed by atoms with Crippen LogP contribution in [0.2, 0.25) is 0 Å². The summed E-state index contributed by atoms with van der Waals surface area (Å²) in [5.41, 5.74) is 3.78. The van der Waals surface area contributed by atoms with E-state index in [0.29, 0.717) is 12.1 Å². The molecule has 168 valence electrons. The van der Waals surface area contributed by atoms with Crippen LogP contribution in [0.25, 0.3) is 0 Å². The number of benzene rings is 2. The van der Waals surface area contributed by atoms with E-state index in [4.69, 9.17) is 9.47 Å². The van der Waals surface area contributed by atoms with Gasteiger partial charge in [0.1, 0.15) is 17.6 Å². The van der Waals surface area contributed by atoms with Crippen molar-refractivity contribution in [2.24, 2.45) is 0 Å². The van der Waals surface area contributed by atoms with E-state index < -0.39 is 0 Å². The van der Waals surface area contributed by atoms with Gasteiger partial charge in [-0.2, -0.15) is 5.10 Å². The zero-order chi connectivity index (χ0) is 21.8. The first kappa shape index (κ1) is 21.1. The predicted octanol–water partition coefficient (Wildman–Crippen LogP) is 5.45. The minimum Gasteiger partial charge on any atom is -0.490 e. The molecule has 1 aliphatic heterocycles. The number of hydrogen-bond donors (Lipinski definition) is 1. The summed E-state index contributed by atoms with van der Waals surface area (Å²) in [5.74, 6) is 1.98. The zero-order valence-corrected chi connectivity index (χ0v) is 18.9. The van der Waals surface area contributed by atoms with E-state index in [1.54, 1.807) is 0 Å². The van der Waals surface area contributed by atoms with Gasteiger partial charge in [-0.1, -0.05) is 30.3 Å². The maximum atomic E-state index is 6.37. The Morgan fingerprint density at radius 3 is 2.69 bits per heavy atom. The van der Waals surface area contributed by atoms with Crippen LogP contribution in [-0.2, 0) is 19.5 Å². The number of nitrogens with one attached hydrogen (secondary N) is 1. The molecule has 2 aromatic carbocycles. The van der Waals surface area contributed by atoms with Gasteiger partial charge >= 0.3 is 0 Å². The molecule has 1 N–H and O–H groups in total. The Hall–Kier alpha value is -2.79. The molecule has 0 bridgehead atoms. The van der Waals surface area contributed by atoms with E-state index >= 15 is 0 Å². The Balaban J connectivity index is 1.11. The normalized spacial score (nSPS) is 22.7. The third kappa shape index (κ3) is 4.83. The number of aromatic nitrogens is 2. The monoisotopic (exact) mass is 431 g/mol. The number of aryl methyl sites for hydroxylation is 2. The van der Waals surface area contributed by atoms with Gasteiger partial charge in [0.05, 0.1) is 11.8 Å². The fourth-order valence-electron chi connectivity index (χ4n) is 4.96. The van der Waals surface area contributed by atoms with E-state index in [1.807, 2.05) is 6.20 Å². The smallest absolute Gasteiger partial charge is 0.124 e. The highest BCUT2D eigenvalue weighted by molar-refractivity contribution is 5.42. The highest BCUT2D eigenvalue weighted by atomic mass is 16.5. The van der Waals surface area contributed by atoms with Crippen molar-refractivity contribution in [1.82, 2.24) is 15.1 Å². The van der Waals surface area contributed by atoms with Crippen LogP contribution in [0.5, 0.6) is 11.5 Å². The third-order valence-corrected chi connectivity index (χ3v) is 6.80. The lowest BCUT2D eigenvalue weighted by Crippen LogP contribution is -2.36. The molecule has 1 fully saturated rings. The highest BCUT2D eigenvalue weighted by Crippen LogP contribution is 2.37. The molecule has 1 aliphatic carbocycles. The molecular weight excluding hydrogens is 398 g/mol. The minimum absolute atomic E-state index is 0.147. The van der Waals surface area contributed by atoms with E-state index in [1.165, 1.54) is 16.8 Å². The summed E-state index contributed by atoms with van der Waals surface area (Å²) in [5, 5.41) is 8.06. The number of hydrogen-bond acceptors (Lipinski definition) is 4. The highest BCUT2D eigenvalue weighted by Gasteiger charge is 2.24. The van der Waals surface area contributed by atoms with Crippen LogP contribution in [0.4, 0.5) is 0 Å². The van der Waals surface area contributed by atoms with Gasteiger partial charge in [-0.15, -0.1) is 0 Å². The second-order valence-electron chi connectivity index (χ2n) is 8.94. The van der Waals surface area contributed by atoms with Crippen molar-refractivity contribution in [3.8, 4) is 11.5 Å². The summed E-state index contributed by atoms with van der Waals surface area (Å²) >= 11 is 0. The van der Waals surface area contributed by atoms with Crippen LogP contribution in [0.1, 0.15) is 62.0 Å². The van der Waals surface area contributed by atoms with Crippen LogP contribution in [0, 0.1) is 0 Å². The van der Waals surface area contributed by atoms with E-state index in [2.05, 4.69) is 76.6 Å². The van der Waals surface area contributed by atoms with Crippen molar-refractivity contribution in [2.45, 2.75) is 76.8 Å². The molecule has 1 saturated carbocycles. The van der Waals surface area contributed by atoms with Crippen LogP contribution in [0.3, 0.4) is 0 Å². The molecule has 32 heavy (non-hydrogen) atoms. The third-order valence-electron chi connectivity index (χ3n) is 6.80. The SMILES string of the molecule is CCn1nccc1CNC1CCC(Oc2ccc3c(c2)CCC(c2ccccc2)O3)CC1. The van der Waals surface area contributed by atoms with Crippen molar-refractivity contribution in [3.05, 3.63) is 77.6 Å². The summed E-state index contributed by atoms with van der Waals surface area (Å²) in [6, 6.07) is 19.5. The van der Waals surface area contributed by atoms with Gasteiger partial charge in [0.15, 0.2) is 0 Å². The molecule has 1 unspecified atom stereocenters. The molecule has 5 rings (SSSR count). The Bertz CT molecular complexity index is 1010. The largest absolute Gasteiger partial charge is 0.490 e. The van der Waals surface area contributed by atoms with E-state index in [0.717, 1.165) is 63.1 Å². The standard InChI is InChI=1S/C27H33N3O2/c1-2-30-23(16-17-29-30)19-28-22-9-11-24(12-10-22)31-25-13-15-27-21(18-25)8-14-26(32-27)20-6-4-3-5-7-20/h3-7,13,15-18,22,24,26,28H,2,8-12,14,19H2,1H3. The van der Waals surface area contributed by atoms with Gasteiger partial charge < -0.3 is 14.8 Å². The number of rotatable bonds is 7. The second-order valence-corrected chi connectivity index (χ2v) is 8.94. The van der Waals surface area contributed by atoms with Gasteiger partial charge in [0.25, 0.3) is 0 Å². The van der Waals surface area contributed by atoms with Gasteiger partial charge in [0, 0.05) is 25.3 Å². The summed E-state index contributed by atoms with van der Waals surface area (Å²) in [7, 11) is 0. The summed E-state index contributed by atoms with van der Waals surface area (Å²) in [6.45, 7) is 3.94. The average Bonchev–Trinajstić information content (AvgIpc) is 3.31. The Kier molecular flexibility index (Phi) is 6.44. The molecule has 0 radical (unpaired) electrons. The van der Waals surface area contributed by atoms with Crippen molar-refractivity contribution in [3.63, 3.8) is 0 Å². The quantitative estimate of drug-likeness (QED) is 0.540. The Morgan fingerprint density at radius 2 is 1.88 bits per heavy atom. The summed E-state index contributed by atoms with van der Waals surface area (Å²) in [6.07, 6.45) is 8.85. The first-order chi connectivity index (χ1) is 15.8. The first-order valence-electron chi connectivity index (χ1n) is 12.0. The molecule has 5 heteroatoms. The van der Waals surface area contributed by atoms with Gasteiger partial charge in [0.2, 0.25) is 0 Å². The van der Waals surface area contributed by atoms with E-state index in [-0.39, 0.29) is 6.10 Å². The molecule has 1 aromatic heterocycles. The van der Waals surface area contributed by atoms with Crippen LogP contribution < -0.4 is 14.8 Å². The molecule has 2 heterocycles. The number of nitrogens with zero attached hydrogens (tertiary/aromatic N) is 2. The van der Waals surface area contributed by atoms with Crippen molar-refractivity contribution >= 4 is 0 Å². The lowest BCUT2D eigenvalue weighted by molar-refractivity contribution is 0.137. The Labute approximate surface area is 190 Å². The second kappa shape index (κ2) is 9.78. The number of ether oxygens (including phenoxy) is 2. The van der Waals surface area contributed by atoms with Crippen molar-refractivity contribution in [1.29, 1.82) is 0 Å². The molecular formula is C27H33N3O2. The number of fused-ring (bicyclic) bond motifs is 1. The topological polar surface area (TPSA) is 48.3 Å². The molecule has 0 amide bonds. The minimum atomic E-state index is 0.147. The van der Waals surface area contributed by atoms with Gasteiger partial charge in [-0.25, -0.2) is 0 Å². The van der Waals surface area contributed by atoms with Crippen LogP contribution in [-0.4, -0.2) is 21.9 Å². The molecule has 5 nitrogen and oxygen atoms in total. The maximum Gasteiger partial charge on any atom is 0.124 e. The van der Waals surface area contributed by atoms with Crippen LogP contribution >= 0.6 is 0 Å². The molecule has 0 spiro atoms. The van der Waals surface area contributed by atoms with Crippen LogP contribution in [0.15, 0.2) is 60.8 Å².